The summed E-state index contributed by atoms with van der Waals surface area (Å²) in [4.78, 5) is 10.6. The zero-order valence-corrected chi connectivity index (χ0v) is 9.22. The van der Waals surface area contributed by atoms with Gasteiger partial charge in [0, 0.05) is 23.5 Å². The first-order chi connectivity index (χ1) is 7.68. The van der Waals surface area contributed by atoms with E-state index in [0.29, 0.717) is 6.54 Å². The first kappa shape index (κ1) is 10.7. The van der Waals surface area contributed by atoms with Crippen molar-refractivity contribution in [2.75, 3.05) is 0 Å². The van der Waals surface area contributed by atoms with Crippen molar-refractivity contribution in [3.63, 3.8) is 0 Å². The van der Waals surface area contributed by atoms with Gasteiger partial charge in [0.1, 0.15) is 0 Å². The van der Waals surface area contributed by atoms with E-state index in [1.54, 1.807) is 6.08 Å². The predicted molar refractivity (Wildman–Crippen MR) is 61.6 cm³/mol. The summed E-state index contributed by atoms with van der Waals surface area (Å²) in [6.45, 7) is 2.63. The van der Waals surface area contributed by atoms with Crippen molar-refractivity contribution in [2.45, 2.75) is 26.3 Å². The summed E-state index contributed by atoms with van der Waals surface area (Å²) >= 11 is 0. The molecule has 0 aromatic carbocycles. The zero-order valence-electron chi connectivity index (χ0n) is 9.22. The van der Waals surface area contributed by atoms with E-state index in [1.807, 2.05) is 35.9 Å². The third-order valence-corrected chi connectivity index (χ3v) is 2.87. The Balaban J connectivity index is 2.28. The fourth-order valence-electron chi connectivity index (χ4n) is 1.93. The van der Waals surface area contributed by atoms with E-state index in [0.717, 1.165) is 24.1 Å². The Bertz CT molecular complexity index is 469. The van der Waals surface area contributed by atoms with E-state index < -0.39 is 0 Å². The summed E-state index contributed by atoms with van der Waals surface area (Å²) < 4.78 is 2.04. The van der Waals surface area contributed by atoms with Crippen molar-refractivity contribution in [3.05, 3.63) is 57.6 Å². The van der Waals surface area contributed by atoms with Gasteiger partial charge >= 0.3 is 0 Å². The van der Waals surface area contributed by atoms with Crippen LogP contribution in [0, 0.1) is 17.0 Å². The van der Waals surface area contributed by atoms with E-state index in [2.05, 4.69) is 0 Å². The summed E-state index contributed by atoms with van der Waals surface area (Å²) in [6.07, 6.45) is 7.12. The Labute approximate surface area is 94.0 Å². The lowest BCUT2D eigenvalue weighted by atomic mass is 10.0. The maximum atomic E-state index is 10.9. The topological polar surface area (TPSA) is 48.1 Å². The largest absolute Gasteiger partial charge is 0.347 e. The van der Waals surface area contributed by atoms with Crippen LogP contribution in [0.4, 0.5) is 0 Å². The van der Waals surface area contributed by atoms with Gasteiger partial charge in [-0.05, 0) is 31.9 Å². The molecule has 84 valence electrons. The van der Waals surface area contributed by atoms with Crippen LogP contribution in [0.3, 0.4) is 0 Å². The van der Waals surface area contributed by atoms with E-state index in [-0.39, 0.29) is 10.6 Å². The first-order valence-corrected chi connectivity index (χ1v) is 5.33. The number of rotatable bonds is 3. The van der Waals surface area contributed by atoms with Crippen molar-refractivity contribution in [3.8, 4) is 0 Å². The second kappa shape index (κ2) is 4.35. The van der Waals surface area contributed by atoms with Crippen LogP contribution in [0.5, 0.6) is 0 Å². The smallest absolute Gasteiger partial charge is 0.270 e. The molecule has 0 radical (unpaired) electrons. The van der Waals surface area contributed by atoms with Crippen molar-refractivity contribution in [1.82, 2.24) is 4.57 Å². The van der Waals surface area contributed by atoms with E-state index in [4.69, 9.17) is 0 Å². The van der Waals surface area contributed by atoms with Gasteiger partial charge in [-0.3, -0.25) is 10.1 Å². The minimum atomic E-state index is -0.288. The number of hydrogen-bond acceptors (Lipinski definition) is 2. The average molecular weight is 218 g/mol. The zero-order chi connectivity index (χ0) is 11.5. The predicted octanol–water partition coefficient (Wildman–Crippen LogP) is 2.68. The third-order valence-electron chi connectivity index (χ3n) is 2.87. The van der Waals surface area contributed by atoms with E-state index in [9.17, 15) is 10.1 Å². The lowest BCUT2D eigenvalue weighted by molar-refractivity contribution is -0.420. The Hall–Kier alpha value is -1.84. The Kier molecular flexibility index (Phi) is 2.90. The van der Waals surface area contributed by atoms with Crippen LogP contribution in [-0.4, -0.2) is 9.49 Å². The monoisotopic (exact) mass is 218 g/mol. The molecule has 0 aliphatic heterocycles. The SMILES string of the molecule is Cc1cccn1CC1=C([N+](=O)[O-])C=CCC1. The molecular formula is C12H14N2O2. The highest BCUT2D eigenvalue weighted by Gasteiger charge is 2.18. The fraction of sp³-hybridized carbons (Fsp3) is 0.333. The van der Waals surface area contributed by atoms with Crippen molar-refractivity contribution >= 4 is 0 Å². The average Bonchev–Trinajstić information content (AvgIpc) is 2.65. The maximum absolute atomic E-state index is 10.9. The minimum absolute atomic E-state index is 0.263. The minimum Gasteiger partial charge on any atom is -0.347 e. The maximum Gasteiger partial charge on any atom is 0.270 e. The molecule has 0 amide bonds. The quantitative estimate of drug-likeness (QED) is 0.578. The molecule has 2 rings (SSSR count). The Morgan fingerprint density at radius 1 is 1.56 bits per heavy atom. The molecule has 1 heterocycles. The van der Waals surface area contributed by atoms with Gasteiger partial charge in [-0.2, -0.15) is 0 Å². The number of allylic oxidation sites excluding steroid dienone is 3. The van der Waals surface area contributed by atoms with E-state index >= 15 is 0 Å². The normalized spacial score (nSPS) is 15.6. The third kappa shape index (κ3) is 2.05. The molecule has 1 aliphatic carbocycles. The number of hydrogen-bond donors (Lipinski definition) is 0. The summed E-state index contributed by atoms with van der Waals surface area (Å²) in [5, 5.41) is 10.9. The van der Waals surface area contributed by atoms with Crippen LogP contribution in [-0.2, 0) is 6.54 Å². The molecule has 1 aromatic rings. The highest BCUT2D eigenvalue weighted by atomic mass is 16.6. The highest BCUT2D eigenvalue weighted by Crippen LogP contribution is 2.21. The van der Waals surface area contributed by atoms with Crippen LogP contribution in [0.1, 0.15) is 18.5 Å². The van der Waals surface area contributed by atoms with Gasteiger partial charge in [0.25, 0.3) is 5.70 Å². The summed E-state index contributed by atoms with van der Waals surface area (Å²) in [5.41, 5.74) is 2.30. The molecule has 1 aromatic heterocycles. The lowest BCUT2D eigenvalue weighted by Crippen LogP contribution is -2.10. The van der Waals surface area contributed by atoms with Gasteiger partial charge in [-0.15, -0.1) is 0 Å². The molecule has 16 heavy (non-hydrogen) atoms. The van der Waals surface area contributed by atoms with Crippen molar-refractivity contribution < 1.29 is 4.92 Å². The van der Waals surface area contributed by atoms with Crippen molar-refractivity contribution in [2.24, 2.45) is 0 Å². The summed E-state index contributed by atoms with van der Waals surface area (Å²) in [6, 6.07) is 3.96. The molecule has 0 bridgehead atoms. The fourth-order valence-corrected chi connectivity index (χ4v) is 1.93. The summed E-state index contributed by atoms with van der Waals surface area (Å²) in [7, 11) is 0. The van der Waals surface area contributed by atoms with Gasteiger partial charge < -0.3 is 4.57 Å². The van der Waals surface area contributed by atoms with Crippen molar-refractivity contribution in [1.29, 1.82) is 0 Å². The lowest BCUT2D eigenvalue weighted by Gasteiger charge is -2.12. The van der Waals surface area contributed by atoms with Crippen LogP contribution < -0.4 is 0 Å². The Morgan fingerprint density at radius 2 is 2.38 bits per heavy atom. The van der Waals surface area contributed by atoms with Gasteiger partial charge in [-0.1, -0.05) is 6.08 Å². The number of nitro groups is 1. The van der Waals surface area contributed by atoms with Gasteiger partial charge in [-0.25, -0.2) is 0 Å². The van der Waals surface area contributed by atoms with E-state index in [1.165, 1.54) is 0 Å². The molecule has 0 saturated heterocycles. The molecule has 0 unspecified atom stereocenters. The summed E-state index contributed by atoms with van der Waals surface area (Å²) in [5.74, 6) is 0. The number of nitrogens with zero attached hydrogens (tertiary/aromatic N) is 2. The molecule has 0 fully saturated rings. The molecular weight excluding hydrogens is 204 g/mol. The molecule has 0 N–H and O–H groups in total. The number of aromatic nitrogens is 1. The molecule has 0 spiro atoms. The standard InChI is InChI=1S/C12H14N2O2/c1-10-5-4-8-13(10)9-11-6-2-3-7-12(11)14(15)16/h3-5,7-8H,2,6,9H2,1H3. The second-order valence-corrected chi connectivity index (χ2v) is 3.96. The Morgan fingerprint density at radius 3 is 3.00 bits per heavy atom. The molecule has 4 heteroatoms. The molecule has 4 nitrogen and oxygen atoms in total. The van der Waals surface area contributed by atoms with Gasteiger partial charge in [0.15, 0.2) is 0 Å². The van der Waals surface area contributed by atoms with Crippen LogP contribution in [0.15, 0.2) is 41.8 Å². The molecule has 1 aliphatic rings. The second-order valence-electron chi connectivity index (χ2n) is 3.96. The number of aryl methyl sites for hydroxylation is 1. The molecule has 0 atom stereocenters. The van der Waals surface area contributed by atoms with Gasteiger partial charge in [0.05, 0.1) is 11.5 Å². The highest BCUT2D eigenvalue weighted by molar-refractivity contribution is 5.24. The van der Waals surface area contributed by atoms with Gasteiger partial charge in [0.2, 0.25) is 0 Å². The molecule has 0 saturated carbocycles. The first-order valence-electron chi connectivity index (χ1n) is 5.33. The van der Waals surface area contributed by atoms with Crippen LogP contribution in [0.25, 0.3) is 0 Å². The van der Waals surface area contributed by atoms with Crippen LogP contribution in [0.2, 0.25) is 0 Å². The van der Waals surface area contributed by atoms with Crippen LogP contribution >= 0.6 is 0 Å².